The third kappa shape index (κ3) is 8.00. The van der Waals surface area contributed by atoms with Crippen molar-refractivity contribution in [1.29, 1.82) is 0 Å². The van der Waals surface area contributed by atoms with Crippen LogP contribution in [0.1, 0.15) is 33.4 Å². The summed E-state index contributed by atoms with van der Waals surface area (Å²) in [6.07, 6.45) is 0. The number of anilines is 6. The van der Waals surface area contributed by atoms with Gasteiger partial charge in [-0.15, -0.1) is 0 Å². The van der Waals surface area contributed by atoms with E-state index in [1.54, 1.807) is 0 Å². The van der Waals surface area contributed by atoms with Crippen molar-refractivity contribution in [2.45, 2.75) is 41.5 Å². The van der Waals surface area contributed by atoms with Gasteiger partial charge in [-0.25, -0.2) is 0 Å². The van der Waals surface area contributed by atoms with E-state index in [4.69, 9.17) is 0 Å². The number of benzene rings is 16. The molecule has 0 aromatic heterocycles. The Morgan fingerprint density at radius 2 is 0.520 bits per heavy atom. The largest absolute Gasteiger partial charge is 0.311 e. The molecule has 0 fully saturated rings. The van der Waals surface area contributed by atoms with Crippen LogP contribution >= 0.6 is 0 Å². The summed E-state index contributed by atoms with van der Waals surface area (Å²) in [6, 6.07) is 112. The predicted molar refractivity (Wildman–Crippen MR) is 421 cm³/mol. The highest BCUT2D eigenvalue weighted by Crippen LogP contribution is 2.56. The standard InChI is InChI=1S/C94H66B2N2/c1-55-47-57(3)93(58(4)48-55)97-81-43-21-19-41-77(81)95-79-53-75-74(86-67(63-31-15-9-16-32-63)37-24-38-68(86)64-33-17-10-18-34-64)52-72-70-40-26-46-84-92(70)96(78-42-20-22-44-82(78)98(84)94-59(5)49-56(2)50-60(94)6)80-54-76-73(51-71(69-39-25-45-83(97)91(69)95)87(79)89(76)90(75)88(72)80)85-65(61-27-11-7-12-28-61)35-23-36-66(85)62-29-13-8-14-30-62/h7-54H,1-6H3. The molecule has 2 nitrogen and oxygen atoms in total. The molecule has 0 saturated carbocycles. The summed E-state index contributed by atoms with van der Waals surface area (Å²) in [7, 11) is 0. The number of nitrogens with zero attached hydrogens (tertiary/aromatic N) is 2. The van der Waals surface area contributed by atoms with Gasteiger partial charge in [0.15, 0.2) is 0 Å². The van der Waals surface area contributed by atoms with Crippen LogP contribution in [0, 0.1) is 41.5 Å². The Balaban J connectivity index is 1.03. The number of hydrogen-bond acceptors (Lipinski definition) is 2. The molecule has 0 saturated heterocycles. The molecule has 16 aromatic carbocycles. The van der Waals surface area contributed by atoms with Gasteiger partial charge >= 0.3 is 0 Å². The first-order chi connectivity index (χ1) is 48.2. The summed E-state index contributed by atoms with van der Waals surface area (Å²) < 4.78 is 0. The summed E-state index contributed by atoms with van der Waals surface area (Å²) in [6.45, 7) is 13.5. The van der Waals surface area contributed by atoms with Gasteiger partial charge in [0.05, 0.1) is 11.4 Å². The number of hydrogen-bond donors (Lipinski definition) is 0. The number of fused-ring (bicyclic) bond motifs is 8. The Morgan fingerprint density at radius 1 is 0.224 bits per heavy atom. The molecule has 0 atom stereocenters. The lowest BCUT2D eigenvalue weighted by Gasteiger charge is -2.43. The van der Waals surface area contributed by atoms with Crippen LogP contribution in [0.4, 0.5) is 34.1 Å². The molecule has 0 N–H and O–H groups in total. The molecule has 4 heteroatoms. The Hall–Kier alpha value is -11.7. The minimum absolute atomic E-state index is 0.104. The third-order valence-electron chi connectivity index (χ3n) is 22.3. The van der Waals surface area contributed by atoms with Gasteiger partial charge in [0, 0.05) is 22.7 Å². The molecule has 0 radical (unpaired) electrons. The van der Waals surface area contributed by atoms with E-state index in [0.29, 0.717) is 0 Å². The Bertz CT molecular complexity index is 5540. The summed E-state index contributed by atoms with van der Waals surface area (Å²) >= 11 is 0. The van der Waals surface area contributed by atoms with Crippen molar-refractivity contribution >= 4 is 113 Å². The predicted octanol–water partition coefficient (Wildman–Crippen LogP) is 21.0. The summed E-state index contributed by atoms with van der Waals surface area (Å²) in [5.41, 5.74) is 42.7. The van der Waals surface area contributed by atoms with E-state index in [-0.39, 0.29) is 13.4 Å². The van der Waals surface area contributed by atoms with E-state index in [0.717, 1.165) is 0 Å². The van der Waals surface area contributed by atoms with Gasteiger partial charge < -0.3 is 9.80 Å². The Kier molecular flexibility index (Phi) is 12.4. The second-order valence-corrected chi connectivity index (χ2v) is 28.0. The molecule has 0 amide bonds. The summed E-state index contributed by atoms with van der Waals surface area (Å²) in [5.74, 6) is 0. The Labute approximate surface area is 573 Å². The first-order valence-electron chi connectivity index (χ1n) is 34.7. The maximum absolute atomic E-state index is 2.72. The minimum Gasteiger partial charge on any atom is -0.311 e. The molecule has 0 aliphatic carbocycles. The average Bonchev–Trinajstić information content (AvgIpc) is 0.664. The van der Waals surface area contributed by atoms with Gasteiger partial charge in [-0.3, -0.25) is 0 Å². The highest BCUT2D eigenvalue weighted by atomic mass is 15.2. The first kappa shape index (κ1) is 56.6. The van der Waals surface area contributed by atoms with Crippen molar-refractivity contribution in [2.24, 2.45) is 0 Å². The fraction of sp³-hybridized carbons (Fsp3) is 0.0638. The van der Waals surface area contributed by atoms with Crippen LogP contribution < -0.4 is 42.6 Å². The summed E-state index contributed by atoms with van der Waals surface area (Å²) in [4.78, 5) is 5.23. The van der Waals surface area contributed by atoms with E-state index in [9.17, 15) is 0 Å². The van der Waals surface area contributed by atoms with Gasteiger partial charge in [-0.05, 0) is 243 Å². The second-order valence-electron chi connectivity index (χ2n) is 28.0. The van der Waals surface area contributed by atoms with E-state index < -0.39 is 0 Å². The second kappa shape index (κ2) is 21.4. The van der Waals surface area contributed by atoms with E-state index in [1.165, 1.54) is 222 Å². The Morgan fingerprint density at radius 3 is 0.867 bits per heavy atom. The van der Waals surface area contributed by atoms with Crippen molar-refractivity contribution in [3.05, 3.63) is 325 Å². The van der Waals surface area contributed by atoms with Crippen LogP contribution in [-0.4, -0.2) is 13.4 Å². The van der Waals surface area contributed by atoms with Gasteiger partial charge in [-0.1, -0.05) is 277 Å². The number of rotatable bonds is 8. The average molecular weight is 1250 g/mol. The maximum atomic E-state index is 2.72. The molecule has 4 aliphatic rings. The lowest BCUT2D eigenvalue weighted by molar-refractivity contribution is 1.21. The van der Waals surface area contributed by atoms with Crippen molar-refractivity contribution in [2.75, 3.05) is 9.80 Å². The monoisotopic (exact) mass is 1240 g/mol. The molecule has 4 heterocycles. The zero-order chi connectivity index (χ0) is 65.3. The summed E-state index contributed by atoms with van der Waals surface area (Å²) in [5, 5.41) is 7.86. The third-order valence-corrected chi connectivity index (χ3v) is 22.3. The highest BCUT2D eigenvalue weighted by molar-refractivity contribution is 7.02. The van der Waals surface area contributed by atoms with Crippen LogP contribution in [-0.2, 0) is 0 Å². The molecule has 0 bridgehead atoms. The molecule has 16 aromatic rings. The zero-order valence-electron chi connectivity index (χ0n) is 55.8. The van der Waals surface area contributed by atoms with Gasteiger partial charge in [0.25, 0.3) is 0 Å². The van der Waals surface area contributed by atoms with Crippen LogP contribution in [0.3, 0.4) is 0 Å². The van der Waals surface area contributed by atoms with Crippen molar-refractivity contribution in [1.82, 2.24) is 0 Å². The smallest absolute Gasteiger partial charge is 0.248 e. The first-order valence-corrected chi connectivity index (χ1v) is 34.7. The molecule has 0 unspecified atom stereocenters. The van der Waals surface area contributed by atoms with Crippen molar-refractivity contribution < 1.29 is 0 Å². The van der Waals surface area contributed by atoms with E-state index in [1.807, 2.05) is 0 Å². The highest BCUT2D eigenvalue weighted by Gasteiger charge is 2.46. The number of aryl methyl sites for hydroxylation is 6. The molecule has 98 heavy (non-hydrogen) atoms. The molecular formula is C94H66B2N2. The lowest BCUT2D eigenvalue weighted by atomic mass is 9.31. The quantitative estimate of drug-likeness (QED) is 0.111. The zero-order valence-corrected chi connectivity index (χ0v) is 55.8. The fourth-order valence-electron chi connectivity index (χ4n) is 18.9. The van der Waals surface area contributed by atoms with Crippen LogP contribution in [0.25, 0.3) is 121 Å². The maximum Gasteiger partial charge on any atom is 0.248 e. The van der Waals surface area contributed by atoms with Crippen LogP contribution in [0.2, 0.25) is 0 Å². The molecule has 458 valence electrons. The molecule has 20 rings (SSSR count). The topological polar surface area (TPSA) is 6.48 Å². The van der Waals surface area contributed by atoms with Gasteiger partial charge in [0.2, 0.25) is 13.4 Å². The minimum atomic E-state index is -0.104. The van der Waals surface area contributed by atoms with Crippen LogP contribution in [0.5, 0.6) is 0 Å². The number of para-hydroxylation sites is 2. The van der Waals surface area contributed by atoms with Gasteiger partial charge in [-0.2, -0.15) is 0 Å². The van der Waals surface area contributed by atoms with Crippen molar-refractivity contribution in [3.63, 3.8) is 0 Å². The van der Waals surface area contributed by atoms with Gasteiger partial charge in [0.1, 0.15) is 0 Å². The fourth-order valence-corrected chi connectivity index (χ4v) is 18.9. The molecular weight excluding hydrogens is 1180 g/mol. The van der Waals surface area contributed by atoms with Crippen LogP contribution in [0.15, 0.2) is 291 Å². The normalized spacial score (nSPS) is 12.9. The van der Waals surface area contributed by atoms with Crippen molar-refractivity contribution in [3.8, 4) is 89.0 Å². The molecule has 0 spiro atoms. The SMILES string of the molecule is Cc1cc(C)c(N2c3ccccc3B3c4c(cccc42)-c2cc(-c4c(-c5ccccc5)cccc4-c4ccccc4)c4cc5c6c(cc(-c7c(-c8ccccc8)cccc7-c7ccccc7)c7cc3c2c4c76)-c2cccc3c2B5c2ccccc2N3c2c(C)cc(C)cc2C)c(C)c1. The van der Waals surface area contributed by atoms with E-state index >= 15 is 0 Å². The molecule has 4 aliphatic heterocycles. The van der Waals surface area contributed by atoms with E-state index in [2.05, 4.69) is 343 Å². The lowest BCUT2D eigenvalue weighted by Crippen LogP contribution is -2.60.